The van der Waals surface area contributed by atoms with Crippen molar-refractivity contribution in [1.82, 2.24) is 0 Å². The van der Waals surface area contributed by atoms with Crippen molar-refractivity contribution in [3.05, 3.63) is 11.8 Å². The summed E-state index contributed by atoms with van der Waals surface area (Å²) in [5.41, 5.74) is 0. The van der Waals surface area contributed by atoms with Gasteiger partial charge in [-0.15, -0.1) is 0 Å². The van der Waals surface area contributed by atoms with Crippen molar-refractivity contribution in [2.24, 2.45) is 35.5 Å². The molecule has 0 spiro atoms. The van der Waals surface area contributed by atoms with E-state index in [4.69, 9.17) is 29.2 Å². The van der Waals surface area contributed by atoms with Gasteiger partial charge < -0.3 is 106 Å². The van der Waals surface area contributed by atoms with Crippen LogP contribution in [0.2, 0.25) is 0 Å². The van der Waals surface area contributed by atoms with Crippen molar-refractivity contribution in [3.8, 4) is 0 Å². The number of rotatable bonds is 3. The van der Waals surface area contributed by atoms with E-state index in [-0.39, 0.29) is 154 Å². The summed E-state index contributed by atoms with van der Waals surface area (Å²) in [5.74, 6) is -2.39. The maximum absolute atomic E-state index is 10.3. The second-order valence-corrected chi connectivity index (χ2v) is 14.9. The number of carboxylic acid groups (broad SMARTS) is 3. The second kappa shape index (κ2) is 37.6. The van der Waals surface area contributed by atoms with E-state index < -0.39 is 72.7 Å². The maximum atomic E-state index is 10.3. The first-order valence-corrected chi connectivity index (χ1v) is 18.1. The van der Waals surface area contributed by atoms with Gasteiger partial charge in [-0.3, -0.25) is 0 Å². The molecular weight excluding hydrogens is 837 g/mol. The Labute approximate surface area is 418 Å². The van der Waals surface area contributed by atoms with Crippen LogP contribution < -0.4 is 104 Å². The van der Waals surface area contributed by atoms with E-state index in [0.29, 0.717) is 18.6 Å². The van der Waals surface area contributed by atoms with E-state index in [2.05, 4.69) is 32.4 Å². The molecule has 5 aliphatic heterocycles. The Morgan fingerprint density at radius 2 is 1.07 bits per heavy atom. The van der Waals surface area contributed by atoms with Gasteiger partial charge in [-0.25, -0.2) is 0 Å². The van der Waals surface area contributed by atoms with E-state index >= 15 is 0 Å². The van der Waals surface area contributed by atoms with Gasteiger partial charge in [0.25, 0.3) is 0 Å². The Balaban J connectivity index is -0.000000114. The molecule has 21 nitrogen and oxygen atoms in total. The normalized spacial score (nSPS) is 36.1. The first-order chi connectivity index (χ1) is 24.6. The zero-order valence-electron chi connectivity index (χ0n) is 36.9. The van der Waals surface area contributed by atoms with E-state index in [0.717, 1.165) is 30.9 Å². The molecule has 0 saturated carbocycles. The summed E-state index contributed by atoms with van der Waals surface area (Å²) >= 11 is 0. The van der Waals surface area contributed by atoms with Crippen LogP contribution in [0.4, 0.5) is 0 Å². The van der Waals surface area contributed by atoms with Gasteiger partial charge in [-0.05, 0) is 50.5 Å². The number of carbonyl (C=O) groups is 3. The number of hydrogen-bond donors (Lipinski definition) is 6. The molecule has 24 heteroatoms. The van der Waals surface area contributed by atoms with Crippen LogP contribution in [-0.4, -0.2) is 158 Å². The molecule has 4 fully saturated rings. The van der Waals surface area contributed by atoms with Gasteiger partial charge in [0.2, 0.25) is 0 Å². The van der Waals surface area contributed by atoms with Crippen LogP contribution in [0.1, 0.15) is 74.7 Å². The van der Waals surface area contributed by atoms with Crippen molar-refractivity contribution in [1.29, 1.82) is 0 Å². The van der Waals surface area contributed by atoms with Gasteiger partial charge in [-0.1, -0.05) is 41.5 Å². The summed E-state index contributed by atoms with van der Waals surface area (Å²) in [4.78, 5) is 30.7. The summed E-state index contributed by atoms with van der Waals surface area (Å²) in [7, 11) is 0. The second-order valence-electron chi connectivity index (χ2n) is 14.9. The monoisotopic (exact) mass is 906 g/mol. The number of aliphatic hydroxyl groups is 6. The van der Waals surface area contributed by atoms with Crippen molar-refractivity contribution >= 4 is 17.9 Å². The van der Waals surface area contributed by atoms with Crippen LogP contribution in [-0.2, 0) is 38.1 Å². The average molecular weight is 907 g/mol. The Kier molecular flexibility index (Phi) is 46.8. The third-order valence-electron chi connectivity index (χ3n) is 10.0. The molecule has 0 aromatic rings. The summed E-state index contributed by atoms with van der Waals surface area (Å²) in [6, 6.07) is 0. The molecule has 16 atom stereocenters. The topological polar surface area (TPSA) is 414 Å². The Hall–Kier alpha value is 0.390. The fourth-order valence-corrected chi connectivity index (χ4v) is 5.69. The molecule has 0 aliphatic carbocycles. The van der Waals surface area contributed by atoms with Crippen molar-refractivity contribution in [2.75, 3.05) is 26.4 Å². The van der Waals surface area contributed by atoms with Crippen LogP contribution in [0.25, 0.3) is 0 Å². The van der Waals surface area contributed by atoms with E-state index in [1.54, 1.807) is 6.92 Å². The van der Waals surface area contributed by atoms with E-state index in [1.165, 1.54) is 6.42 Å². The number of hydrogen-bond acceptors (Lipinski definition) is 17. The first kappa shape index (κ1) is 74.7. The number of carbonyl (C=O) groups excluding carboxylic acids is 3. The Morgan fingerprint density at radius 3 is 1.48 bits per heavy atom. The molecular formula is C36H69Na3O21. The Morgan fingerprint density at radius 1 is 0.567 bits per heavy atom. The number of carboxylic acids is 3. The minimum Gasteiger partial charge on any atom is -0.547 e. The van der Waals surface area contributed by atoms with Crippen LogP contribution in [0, 0.1) is 35.5 Å². The molecule has 0 radical (unpaired) electrons. The molecule has 14 N–H and O–H groups in total. The first-order valence-electron chi connectivity index (χ1n) is 18.1. The van der Waals surface area contributed by atoms with Gasteiger partial charge in [0, 0.05) is 30.8 Å². The molecule has 0 bridgehead atoms. The smallest absolute Gasteiger partial charge is 0.547 e. The molecule has 5 rings (SSSR count). The van der Waals surface area contributed by atoms with Crippen LogP contribution >= 0.6 is 0 Å². The molecule has 5 aliphatic rings. The average Bonchev–Trinajstić information content (AvgIpc) is 3.07. The standard InChI is InChI=1S/C8H16O2.C8H16O.C7H12O5.C7H12O4.C6H8O5.3Na.4H2O/c1-5-4-6(2)10-8(9)7(5)3;1-6-4-8(3)9-5-7(6)2;1-3-2-12-6(7(10)11)5(9)4(3)8;1-4-3-11-6(7(9)10)2-5(4)8;7-3-1-5(6(9)10)11-2-4(3)8;;;;;;;/h5-9H,4H2,1-3H3;6-8H,4-5H2,1-3H3;3-6,8-9H,2H2,1H3,(H,10,11);4-6,8H,2-3H2,1H3,(H,9,10);1,3-4,7-8H,2H2,(H,9,10);;;;4*1H2/q;;;;;3*+1;;;;/p-3/t5-,6?,7?,8?;6-,7?,8?;3?,4-,5-,6?;4?,5-,6?;3-,4?;;;;;;;/m11011......./s1. The molecule has 342 valence electrons. The van der Waals surface area contributed by atoms with E-state index in [9.17, 15) is 50.1 Å². The molecule has 0 aromatic heterocycles. The van der Waals surface area contributed by atoms with Gasteiger partial charge in [0.15, 0.2) is 6.29 Å². The van der Waals surface area contributed by atoms with Crippen molar-refractivity contribution in [3.63, 3.8) is 0 Å². The quantitative estimate of drug-likeness (QED) is 0.143. The predicted molar refractivity (Wildman–Crippen MR) is 194 cm³/mol. The van der Waals surface area contributed by atoms with E-state index in [1.807, 2.05) is 20.8 Å². The van der Waals surface area contributed by atoms with Crippen molar-refractivity contribution < 1.29 is 195 Å². The fourth-order valence-electron chi connectivity index (χ4n) is 5.69. The van der Waals surface area contributed by atoms with Gasteiger partial charge >= 0.3 is 88.7 Å². The van der Waals surface area contributed by atoms with Crippen LogP contribution in [0.15, 0.2) is 11.8 Å². The van der Waals surface area contributed by atoms with Gasteiger partial charge in [0.1, 0.15) is 42.8 Å². The summed E-state index contributed by atoms with van der Waals surface area (Å²) in [6.45, 7) is 17.6. The maximum Gasteiger partial charge on any atom is 1.00 e. The van der Waals surface area contributed by atoms with Crippen molar-refractivity contribution in [2.45, 2.75) is 136 Å². The largest absolute Gasteiger partial charge is 1.00 e. The number of aliphatic carboxylic acids is 3. The van der Waals surface area contributed by atoms with Gasteiger partial charge in [0.05, 0.1) is 55.7 Å². The minimum atomic E-state index is -1.49. The molecule has 5 heterocycles. The summed E-state index contributed by atoms with van der Waals surface area (Å²) in [5, 5.41) is 85.4. The summed E-state index contributed by atoms with van der Waals surface area (Å²) < 4.78 is 24.9. The zero-order chi connectivity index (χ0) is 40.7. The van der Waals surface area contributed by atoms with Crippen LogP contribution in [0.3, 0.4) is 0 Å². The fraction of sp³-hybridized carbons (Fsp3) is 0.861. The minimum absolute atomic E-state index is 0. The van der Waals surface area contributed by atoms with Gasteiger partial charge in [-0.2, -0.15) is 0 Å². The molecule has 4 saturated heterocycles. The third kappa shape index (κ3) is 27.0. The SMILES string of the molecule is CC1COC(C(=O)[O-])C[C@H]1O.CC1COC(C(=O)[O-])[C@@H](O)[C@H]1O.CC1C[C@@H](C)C(C)C(O)O1.CC1C[C@@H](C)C(C)CO1.O.O.O.O.O=C([O-])C1=C[C@@H](O)C(O)CO1.[Na+].[Na+].[Na+]. The Bertz CT molecular complexity index is 1150. The third-order valence-corrected chi connectivity index (χ3v) is 10.0. The van der Waals surface area contributed by atoms with Crippen LogP contribution in [0.5, 0.6) is 0 Å². The zero-order valence-corrected chi connectivity index (χ0v) is 42.9. The molecule has 0 aromatic carbocycles. The molecule has 60 heavy (non-hydrogen) atoms. The molecule has 10 unspecified atom stereocenters. The summed E-state index contributed by atoms with van der Waals surface area (Å²) in [6.07, 6.45) is -4.07. The molecule has 0 amide bonds. The number of aliphatic hydroxyl groups excluding tert-OH is 6. The predicted octanol–water partition coefficient (Wildman–Crippen LogP) is -15.4. The number of ether oxygens (including phenoxy) is 5.